The van der Waals surface area contributed by atoms with E-state index in [1.807, 2.05) is 0 Å². The summed E-state index contributed by atoms with van der Waals surface area (Å²) in [6.07, 6.45) is 60.8. The standard InChI is InChI=1S/C48H92N/c1-4-7-10-13-15-17-19-21-23-25-27-29-31-33-35-38-41-47-43-45-49(44-40-37-12-9-6-3)46-48(47)42-39-36-34-32-30-28-26-24-22-20-18-16-14-11-8-5-2/h43,45-46H,4-42,44H2,1-3H3/q+1. The molecule has 1 heteroatoms. The van der Waals surface area contributed by atoms with Gasteiger partial charge in [-0.15, -0.1) is 0 Å². The second kappa shape index (κ2) is 38.4. The van der Waals surface area contributed by atoms with Crippen LogP contribution in [0.3, 0.4) is 0 Å². The van der Waals surface area contributed by atoms with Gasteiger partial charge in [0.15, 0.2) is 12.4 Å². The molecule has 0 bridgehead atoms. The van der Waals surface area contributed by atoms with E-state index in [4.69, 9.17) is 0 Å². The zero-order valence-electron chi connectivity index (χ0n) is 34.5. The molecule has 1 heterocycles. The molecular formula is C48H92N+. The third-order valence-corrected chi connectivity index (χ3v) is 11.3. The van der Waals surface area contributed by atoms with Gasteiger partial charge >= 0.3 is 0 Å². The molecule has 49 heavy (non-hydrogen) atoms. The van der Waals surface area contributed by atoms with Crippen LogP contribution in [0.2, 0.25) is 0 Å². The summed E-state index contributed by atoms with van der Waals surface area (Å²) in [7, 11) is 0. The predicted octanol–water partition coefficient (Wildman–Crippen LogP) is 16.6. The van der Waals surface area contributed by atoms with Gasteiger partial charge in [-0.1, -0.05) is 233 Å². The van der Waals surface area contributed by atoms with Crippen LogP contribution in [0.4, 0.5) is 0 Å². The molecule has 0 fully saturated rings. The molecule has 0 atom stereocenters. The molecule has 0 amide bonds. The van der Waals surface area contributed by atoms with Gasteiger partial charge in [0.2, 0.25) is 0 Å². The summed E-state index contributed by atoms with van der Waals surface area (Å²) in [5.41, 5.74) is 3.33. The molecule has 0 aromatic carbocycles. The van der Waals surface area contributed by atoms with Crippen molar-refractivity contribution in [1.82, 2.24) is 0 Å². The highest BCUT2D eigenvalue weighted by atomic mass is 14.9. The molecule has 0 radical (unpaired) electrons. The van der Waals surface area contributed by atoms with Crippen LogP contribution in [0.15, 0.2) is 18.5 Å². The Kier molecular flexibility index (Phi) is 36.2. The average Bonchev–Trinajstić information content (AvgIpc) is 3.11. The van der Waals surface area contributed by atoms with Crippen molar-refractivity contribution in [2.24, 2.45) is 0 Å². The maximum Gasteiger partial charge on any atom is 0.172 e. The largest absolute Gasteiger partial charge is 0.205 e. The van der Waals surface area contributed by atoms with Gasteiger partial charge in [-0.2, -0.15) is 0 Å². The number of hydrogen-bond donors (Lipinski definition) is 0. The number of nitrogens with zero attached hydrogens (tertiary/aromatic N) is 1. The molecule has 1 aromatic rings. The fourth-order valence-corrected chi connectivity index (χ4v) is 7.85. The number of hydrogen-bond acceptors (Lipinski definition) is 0. The number of pyridine rings is 1. The van der Waals surface area contributed by atoms with Crippen molar-refractivity contribution in [3.8, 4) is 0 Å². The lowest BCUT2D eigenvalue weighted by Gasteiger charge is -2.10. The maximum atomic E-state index is 2.55. The van der Waals surface area contributed by atoms with Gasteiger partial charge < -0.3 is 0 Å². The molecule has 0 spiro atoms. The fourth-order valence-electron chi connectivity index (χ4n) is 7.85. The van der Waals surface area contributed by atoms with E-state index in [1.165, 1.54) is 257 Å². The van der Waals surface area contributed by atoms with Crippen LogP contribution in [0.1, 0.15) is 269 Å². The van der Waals surface area contributed by atoms with Crippen LogP contribution in [-0.4, -0.2) is 0 Å². The molecule has 1 aromatic heterocycles. The first kappa shape index (κ1) is 46.2. The summed E-state index contributed by atoms with van der Waals surface area (Å²) >= 11 is 0. The Labute approximate surface area is 311 Å². The van der Waals surface area contributed by atoms with Crippen molar-refractivity contribution in [3.05, 3.63) is 29.6 Å². The molecule has 0 aliphatic heterocycles. The third-order valence-electron chi connectivity index (χ3n) is 11.3. The molecule has 0 unspecified atom stereocenters. The topological polar surface area (TPSA) is 3.88 Å². The van der Waals surface area contributed by atoms with Crippen molar-refractivity contribution in [2.75, 3.05) is 0 Å². The number of aromatic nitrogens is 1. The third kappa shape index (κ3) is 31.6. The average molecular weight is 683 g/mol. The van der Waals surface area contributed by atoms with E-state index < -0.39 is 0 Å². The van der Waals surface area contributed by atoms with Gasteiger partial charge in [0.25, 0.3) is 0 Å². The summed E-state index contributed by atoms with van der Waals surface area (Å²) < 4.78 is 2.52. The Morgan fingerprint density at radius 1 is 0.306 bits per heavy atom. The Balaban J connectivity index is 2.19. The minimum Gasteiger partial charge on any atom is -0.205 e. The van der Waals surface area contributed by atoms with E-state index in [0.717, 1.165) is 0 Å². The normalized spacial score (nSPS) is 11.6. The second-order valence-corrected chi connectivity index (χ2v) is 16.3. The van der Waals surface area contributed by atoms with Gasteiger partial charge in [-0.25, -0.2) is 4.57 Å². The summed E-state index contributed by atoms with van der Waals surface area (Å²) in [4.78, 5) is 0. The van der Waals surface area contributed by atoms with Crippen LogP contribution in [-0.2, 0) is 19.4 Å². The molecule has 0 aliphatic rings. The van der Waals surface area contributed by atoms with E-state index in [9.17, 15) is 0 Å². The number of unbranched alkanes of at least 4 members (excludes halogenated alkanes) is 34. The molecular weight excluding hydrogens is 591 g/mol. The first-order valence-electron chi connectivity index (χ1n) is 23.3. The molecule has 1 rings (SSSR count). The van der Waals surface area contributed by atoms with Gasteiger partial charge in [0.1, 0.15) is 6.54 Å². The molecule has 0 saturated heterocycles. The monoisotopic (exact) mass is 683 g/mol. The van der Waals surface area contributed by atoms with E-state index in [1.54, 1.807) is 11.1 Å². The zero-order valence-corrected chi connectivity index (χ0v) is 34.5. The van der Waals surface area contributed by atoms with Crippen molar-refractivity contribution >= 4 is 0 Å². The Morgan fingerprint density at radius 3 is 0.898 bits per heavy atom. The van der Waals surface area contributed by atoms with Crippen molar-refractivity contribution < 1.29 is 4.57 Å². The van der Waals surface area contributed by atoms with E-state index in [2.05, 4.69) is 43.8 Å². The van der Waals surface area contributed by atoms with Crippen LogP contribution >= 0.6 is 0 Å². The molecule has 0 saturated carbocycles. The lowest BCUT2D eigenvalue weighted by Crippen LogP contribution is -2.33. The second-order valence-electron chi connectivity index (χ2n) is 16.3. The van der Waals surface area contributed by atoms with Crippen molar-refractivity contribution in [3.63, 3.8) is 0 Å². The summed E-state index contributed by atoms with van der Waals surface area (Å²) in [6.45, 7) is 8.15. The molecule has 0 N–H and O–H groups in total. The van der Waals surface area contributed by atoms with E-state index in [0.29, 0.717) is 0 Å². The Hall–Kier alpha value is -0.850. The maximum absolute atomic E-state index is 2.55. The van der Waals surface area contributed by atoms with Gasteiger partial charge in [0.05, 0.1) is 0 Å². The van der Waals surface area contributed by atoms with Crippen molar-refractivity contribution in [1.29, 1.82) is 0 Å². The van der Waals surface area contributed by atoms with Crippen LogP contribution < -0.4 is 4.57 Å². The summed E-state index contributed by atoms with van der Waals surface area (Å²) in [5, 5.41) is 0. The minimum absolute atomic E-state index is 1.20. The molecule has 1 nitrogen and oxygen atoms in total. The SMILES string of the molecule is CCCCCCCCCCCCCCCCCCc1cc[n+](CCCCCCC)cc1CCCCCCCCCCCCCCCCCC. The van der Waals surface area contributed by atoms with Crippen LogP contribution in [0, 0.1) is 0 Å². The summed E-state index contributed by atoms with van der Waals surface area (Å²) in [6, 6.07) is 2.50. The van der Waals surface area contributed by atoms with E-state index in [-0.39, 0.29) is 0 Å². The minimum atomic E-state index is 1.20. The highest BCUT2D eigenvalue weighted by Gasteiger charge is 2.10. The smallest absolute Gasteiger partial charge is 0.172 e. The van der Waals surface area contributed by atoms with E-state index >= 15 is 0 Å². The lowest BCUT2D eigenvalue weighted by atomic mass is 9.97. The molecule has 288 valence electrons. The summed E-state index contributed by atoms with van der Waals surface area (Å²) in [5.74, 6) is 0. The Morgan fingerprint density at radius 2 is 0.571 bits per heavy atom. The highest BCUT2D eigenvalue weighted by Crippen LogP contribution is 2.19. The Bertz CT molecular complexity index is 768. The molecule has 0 aliphatic carbocycles. The lowest BCUT2D eigenvalue weighted by molar-refractivity contribution is -0.697. The fraction of sp³-hybridized carbons (Fsp3) is 0.896. The van der Waals surface area contributed by atoms with Crippen LogP contribution in [0.5, 0.6) is 0 Å². The quantitative estimate of drug-likeness (QED) is 0.0479. The first-order chi connectivity index (χ1) is 24.3. The van der Waals surface area contributed by atoms with Gasteiger partial charge in [0, 0.05) is 18.1 Å². The number of rotatable bonds is 40. The zero-order chi connectivity index (χ0) is 35.1. The first-order valence-corrected chi connectivity index (χ1v) is 23.3. The van der Waals surface area contributed by atoms with Crippen molar-refractivity contribution in [2.45, 2.75) is 278 Å². The van der Waals surface area contributed by atoms with Gasteiger partial charge in [-0.05, 0) is 37.7 Å². The highest BCUT2D eigenvalue weighted by molar-refractivity contribution is 5.21. The number of aryl methyl sites for hydroxylation is 3. The predicted molar refractivity (Wildman–Crippen MR) is 222 cm³/mol. The van der Waals surface area contributed by atoms with Crippen LogP contribution in [0.25, 0.3) is 0 Å². The van der Waals surface area contributed by atoms with Gasteiger partial charge in [-0.3, -0.25) is 0 Å².